The van der Waals surface area contributed by atoms with E-state index in [4.69, 9.17) is 11.6 Å². The summed E-state index contributed by atoms with van der Waals surface area (Å²) in [5.41, 5.74) is 3.86. The van der Waals surface area contributed by atoms with Crippen molar-refractivity contribution in [1.82, 2.24) is 9.97 Å². The highest BCUT2D eigenvalue weighted by Crippen LogP contribution is 2.30. The van der Waals surface area contributed by atoms with E-state index in [9.17, 15) is 5.11 Å². The highest BCUT2D eigenvalue weighted by atomic mass is 35.5. The third-order valence-electron chi connectivity index (χ3n) is 3.01. The fraction of sp³-hybridized carbons (Fsp3) is 0.286. The zero-order chi connectivity index (χ0) is 14.0. The van der Waals surface area contributed by atoms with Gasteiger partial charge in [-0.15, -0.1) is 0 Å². The molecule has 0 radical (unpaired) electrons. The van der Waals surface area contributed by atoms with Crippen LogP contribution in [0.15, 0.2) is 28.3 Å². The minimum atomic E-state index is -0.0489. The van der Waals surface area contributed by atoms with Crippen LogP contribution in [0.3, 0.4) is 0 Å². The molecule has 0 aliphatic carbocycles. The lowest BCUT2D eigenvalue weighted by atomic mass is 10.2. The second kappa shape index (κ2) is 5.90. The smallest absolute Gasteiger partial charge is 0.192 e. The Kier molecular flexibility index (Phi) is 4.45. The van der Waals surface area contributed by atoms with Crippen molar-refractivity contribution in [3.63, 3.8) is 0 Å². The molecule has 19 heavy (non-hydrogen) atoms. The first kappa shape index (κ1) is 14.3. The summed E-state index contributed by atoms with van der Waals surface area (Å²) in [5, 5.41) is 10.7. The fourth-order valence-electron chi connectivity index (χ4n) is 1.66. The summed E-state index contributed by atoms with van der Waals surface area (Å²) >= 11 is 7.36. The van der Waals surface area contributed by atoms with Gasteiger partial charge < -0.3 is 5.11 Å². The summed E-state index contributed by atoms with van der Waals surface area (Å²) in [4.78, 5) is 9.85. The van der Waals surface area contributed by atoms with Crippen molar-refractivity contribution in [3.05, 3.63) is 45.7 Å². The third kappa shape index (κ3) is 3.26. The molecule has 0 bridgehead atoms. The molecule has 2 rings (SSSR count). The Bertz CT molecular complexity index is 593. The van der Waals surface area contributed by atoms with E-state index in [-0.39, 0.29) is 6.61 Å². The van der Waals surface area contributed by atoms with E-state index < -0.39 is 0 Å². The number of aliphatic hydroxyl groups excluding tert-OH is 1. The van der Waals surface area contributed by atoms with Crippen molar-refractivity contribution in [2.24, 2.45) is 0 Å². The van der Waals surface area contributed by atoms with Crippen LogP contribution >= 0.6 is 23.4 Å². The van der Waals surface area contributed by atoms with E-state index in [0.717, 1.165) is 27.4 Å². The minimum absolute atomic E-state index is 0.0489. The van der Waals surface area contributed by atoms with Gasteiger partial charge in [0.05, 0.1) is 6.61 Å². The molecule has 0 spiro atoms. The Morgan fingerprint density at radius 2 is 1.79 bits per heavy atom. The average Bonchev–Trinajstić information content (AvgIpc) is 2.38. The Hall–Kier alpha value is -1.10. The summed E-state index contributed by atoms with van der Waals surface area (Å²) in [6.07, 6.45) is 0. The highest BCUT2D eigenvalue weighted by Gasteiger charge is 2.09. The predicted octanol–water partition coefficient (Wildman–Crippen LogP) is 3.70. The van der Waals surface area contributed by atoms with Crippen molar-refractivity contribution in [2.45, 2.75) is 37.4 Å². The number of halogens is 1. The number of aromatic nitrogens is 2. The second-order valence-corrected chi connectivity index (χ2v) is 5.76. The molecular formula is C14H15ClN2OS. The van der Waals surface area contributed by atoms with Crippen LogP contribution in [0.2, 0.25) is 5.02 Å². The highest BCUT2D eigenvalue weighted by molar-refractivity contribution is 7.99. The summed E-state index contributed by atoms with van der Waals surface area (Å²) in [6, 6.07) is 5.45. The maximum atomic E-state index is 9.36. The molecule has 0 saturated carbocycles. The van der Waals surface area contributed by atoms with Gasteiger partial charge in [-0.05, 0) is 61.9 Å². The molecule has 1 aromatic heterocycles. The maximum Gasteiger partial charge on any atom is 0.192 e. The van der Waals surface area contributed by atoms with Crippen LogP contribution in [0.25, 0.3) is 0 Å². The molecule has 3 nitrogen and oxygen atoms in total. The van der Waals surface area contributed by atoms with Gasteiger partial charge in [0, 0.05) is 21.3 Å². The number of benzene rings is 1. The largest absolute Gasteiger partial charge is 0.392 e. The zero-order valence-corrected chi connectivity index (χ0v) is 12.6. The Labute approximate surface area is 122 Å². The average molecular weight is 295 g/mol. The van der Waals surface area contributed by atoms with E-state index >= 15 is 0 Å². The Morgan fingerprint density at radius 3 is 2.37 bits per heavy atom. The van der Waals surface area contributed by atoms with Crippen LogP contribution in [0.1, 0.15) is 22.5 Å². The summed E-state index contributed by atoms with van der Waals surface area (Å²) < 4.78 is 0. The van der Waals surface area contributed by atoms with Crippen LogP contribution in [0, 0.1) is 20.8 Å². The number of hydrogen-bond donors (Lipinski definition) is 1. The first-order valence-electron chi connectivity index (χ1n) is 5.90. The molecule has 0 unspecified atom stereocenters. The van der Waals surface area contributed by atoms with E-state index in [1.165, 1.54) is 11.8 Å². The topological polar surface area (TPSA) is 46.0 Å². The van der Waals surface area contributed by atoms with E-state index in [1.54, 1.807) is 12.1 Å². The van der Waals surface area contributed by atoms with Gasteiger partial charge in [0.15, 0.2) is 5.16 Å². The first-order chi connectivity index (χ1) is 9.01. The van der Waals surface area contributed by atoms with E-state index in [0.29, 0.717) is 10.2 Å². The molecule has 0 saturated heterocycles. The van der Waals surface area contributed by atoms with Crippen molar-refractivity contribution < 1.29 is 5.11 Å². The molecule has 0 aliphatic heterocycles. The molecule has 0 atom stereocenters. The molecule has 0 aliphatic rings. The molecule has 5 heteroatoms. The molecule has 100 valence electrons. The van der Waals surface area contributed by atoms with Crippen LogP contribution in [0.5, 0.6) is 0 Å². The number of aliphatic hydroxyl groups is 1. The third-order valence-corrected chi connectivity index (χ3v) is 4.22. The number of nitrogens with zero attached hydrogens (tertiary/aromatic N) is 2. The van der Waals surface area contributed by atoms with Gasteiger partial charge in [0.25, 0.3) is 0 Å². The second-order valence-electron chi connectivity index (χ2n) is 4.31. The van der Waals surface area contributed by atoms with Crippen molar-refractivity contribution >= 4 is 23.4 Å². The molecule has 0 amide bonds. The van der Waals surface area contributed by atoms with Crippen LogP contribution in [-0.4, -0.2) is 15.1 Å². The number of aryl methyl sites for hydroxylation is 2. The van der Waals surface area contributed by atoms with Gasteiger partial charge in [-0.3, -0.25) is 0 Å². The number of hydrogen-bond acceptors (Lipinski definition) is 4. The predicted molar refractivity (Wildman–Crippen MR) is 77.7 cm³/mol. The van der Waals surface area contributed by atoms with Gasteiger partial charge >= 0.3 is 0 Å². The first-order valence-corrected chi connectivity index (χ1v) is 7.09. The standard InChI is InChI=1S/C14H15ClN2OS/c1-8-9(2)16-14(17-10(8)3)19-13-5-4-12(15)6-11(13)7-18/h4-6,18H,7H2,1-3H3. The van der Waals surface area contributed by atoms with Crippen molar-refractivity contribution in [2.75, 3.05) is 0 Å². The van der Waals surface area contributed by atoms with Gasteiger partial charge in [0.2, 0.25) is 0 Å². The summed E-state index contributed by atoms with van der Waals surface area (Å²) in [6.45, 7) is 5.92. The van der Waals surface area contributed by atoms with Gasteiger partial charge in [-0.25, -0.2) is 9.97 Å². The molecule has 1 N–H and O–H groups in total. The molecule has 0 fully saturated rings. The molecule has 1 aromatic carbocycles. The lowest BCUT2D eigenvalue weighted by Crippen LogP contribution is -1.98. The maximum absolute atomic E-state index is 9.36. The monoisotopic (exact) mass is 294 g/mol. The van der Waals surface area contributed by atoms with Crippen molar-refractivity contribution in [1.29, 1.82) is 0 Å². The van der Waals surface area contributed by atoms with Gasteiger partial charge in [-0.2, -0.15) is 0 Å². The van der Waals surface area contributed by atoms with Crippen molar-refractivity contribution in [3.8, 4) is 0 Å². The van der Waals surface area contributed by atoms with Crippen LogP contribution < -0.4 is 0 Å². The quantitative estimate of drug-likeness (QED) is 0.877. The number of rotatable bonds is 3. The van der Waals surface area contributed by atoms with Crippen LogP contribution in [-0.2, 0) is 6.61 Å². The van der Waals surface area contributed by atoms with E-state index in [1.807, 2.05) is 26.8 Å². The van der Waals surface area contributed by atoms with Crippen LogP contribution in [0.4, 0.5) is 0 Å². The molecule has 1 heterocycles. The van der Waals surface area contributed by atoms with E-state index in [2.05, 4.69) is 9.97 Å². The Morgan fingerprint density at radius 1 is 1.16 bits per heavy atom. The van der Waals surface area contributed by atoms with Gasteiger partial charge in [-0.1, -0.05) is 11.6 Å². The summed E-state index contributed by atoms with van der Waals surface area (Å²) in [5.74, 6) is 0. The SMILES string of the molecule is Cc1nc(Sc2ccc(Cl)cc2CO)nc(C)c1C. The molecule has 2 aromatic rings. The lowest BCUT2D eigenvalue weighted by Gasteiger charge is -2.09. The zero-order valence-electron chi connectivity index (χ0n) is 11.1. The lowest BCUT2D eigenvalue weighted by molar-refractivity contribution is 0.279. The Balaban J connectivity index is 2.36. The normalized spacial score (nSPS) is 10.8. The fourth-order valence-corrected chi connectivity index (χ4v) is 2.80. The summed E-state index contributed by atoms with van der Waals surface area (Å²) in [7, 11) is 0. The minimum Gasteiger partial charge on any atom is -0.392 e. The van der Waals surface area contributed by atoms with Gasteiger partial charge in [0.1, 0.15) is 0 Å². The molecular weight excluding hydrogens is 280 g/mol.